The van der Waals surface area contributed by atoms with Gasteiger partial charge in [0.05, 0.1) is 33.9 Å². The van der Waals surface area contributed by atoms with Crippen molar-refractivity contribution in [3.05, 3.63) is 68.2 Å². The van der Waals surface area contributed by atoms with Gasteiger partial charge in [0.25, 0.3) is 5.69 Å². The molecular weight excluding hydrogens is 566 g/mol. The second kappa shape index (κ2) is 10.7. The molecule has 2 N–H and O–H groups in total. The fraction of sp³-hybridized carbons (Fsp3) is 0.385. The van der Waals surface area contributed by atoms with Gasteiger partial charge in [0.2, 0.25) is 15.5 Å². The van der Waals surface area contributed by atoms with Crippen molar-refractivity contribution in [3.8, 4) is 5.75 Å². The molecule has 3 aromatic rings. The van der Waals surface area contributed by atoms with E-state index in [-0.39, 0.29) is 45.5 Å². The molecule has 1 saturated heterocycles. The summed E-state index contributed by atoms with van der Waals surface area (Å²) in [5, 5.41) is 20.3. The monoisotopic (exact) mass is 592 g/mol. The van der Waals surface area contributed by atoms with Crippen LogP contribution >= 0.6 is 0 Å². The Balaban J connectivity index is 1.57. The molecule has 0 radical (unpaired) electrons. The summed E-state index contributed by atoms with van der Waals surface area (Å²) in [5.41, 5.74) is -1.57. The number of rotatable bonds is 10. The number of pyridine rings is 1. The third-order valence-electron chi connectivity index (χ3n) is 7.45. The smallest absolute Gasteiger partial charge is 0.341 e. The number of ether oxygens (including phenoxy) is 1. The number of non-ortho nitro benzene ring substituents is 1. The van der Waals surface area contributed by atoms with Gasteiger partial charge in [-0.1, -0.05) is 0 Å². The van der Waals surface area contributed by atoms with Crippen LogP contribution in [0.15, 0.2) is 46.2 Å². The van der Waals surface area contributed by atoms with E-state index in [0.29, 0.717) is 25.7 Å². The average molecular weight is 593 g/mol. The third kappa shape index (κ3) is 5.10. The van der Waals surface area contributed by atoms with Gasteiger partial charge in [-0.2, -0.15) is 0 Å². The van der Waals surface area contributed by atoms with Crippen molar-refractivity contribution in [1.82, 2.24) is 9.29 Å². The summed E-state index contributed by atoms with van der Waals surface area (Å²) in [6, 6.07) is 2.77. The molecule has 218 valence electrons. The molecule has 15 heteroatoms. The Morgan fingerprint density at radius 3 is 2.51 bits per heavy atom. The predicted molar refractivity (Wildman–Crippen MR) is 143 cm³/mol. The number of aromatic carboxylic acids is 1. The number of nitrogens with one attached hydrogen (secondary N) is 1. The number of hydrogen-bond acceptors (Lipinski definition) is 8. The number of sulfonamides is 1. The highest BCUT2D eigenvalue weighted by Crippen LogP contribution is 2.45. The normalized spacial score (nSPS) is 18.0. The van der Waals surface area contributed by atoms with Crippen LogP contribution < -0.4 is 19.8 Å². The zero-order valence-corrected chi connectivity index (χ0v) is 22.6. The number of benzene rings is 2. The Labute approximate surface area is 232 Å². The Hall–Kier alpha value is -4.11. The Morgan fingerprint density at radius 1 is 1.27 bits per heavy atom. The van der Waals surface area contributed by atoms with Gasteiger partial charge in [0.15, 0.2) is 11.6 Å². The standard InChI is InChI=1S/C26H26F2N4O8S/c1-40-25-22-17(24(33)18(26(34)35)13-31(22)14-4-5-14)11-19(28)23(25)30-10-2-3-21(30)20(12-27)29-41(38,39)16-8-6-15(7-9-16)32(36)37/h6-9,11,13-14,20-21,29H,2-5,10,12H2,1H3,(H,34,35). The summed E-state index contributed by atoms with van der Waals surface area (Å²) >= 11 is 0. The van der Waals surface area contributed by atoms with E-state index >= 15 is 4.39 Å². The Morgan fingerprint density at radius 2 is 1.95 bits per heavy atom. The summed E-state index contributed by atoms with van der Waals surface area (Å²) in [5.74, 6) is -2.39. The number of carboxylic acid groups (broad SMARTS) is 1. The van der Waals surface area contributed by atoms with Gasteiger partial charge in [-0.15, -0.1) is 0 Å². The number of hydrogen-bond donors (Lipinski definition) is 2. The van der Waals surface area contributed by atoms with Crippen LogP contribution in [0.4, 0.5) is 20.2 Å². The molecule has 5 rings (SSSR count). The number of anilines is 1. The van der Waals surface area contributed by atoms with Gasteiger partial charge in [-0.25, -0.2) is 26.7 Å². The first-order valence-corrected chi connectivity index (χ1v) is 14.2. The summed E-state index contributed by atoms with van der Waals surface area (Å²) in [7, 11) is -3.03. The number of aromatic nitrogens is 1. The van der Waals surface area contributed by atoms with E-state index in [1.165, 1.54) is 18.2 Å². The Bertz CT molecular complexity index is 1710. The maximum atomic E-state index is 15.8. The van der Waals surface area contributed by atoms with Crippen molar-refractivity contribution >= 4 is 38.3 Å². The molecule has 0 amide bonds. The van der Waals surface area contributed by atoms with E-state index in [0.717, 1.165) is 30.3 Å². The fourth-order valence-corrected chi connectivity index (χ4v) is 6.66. The molecule has 0 bridgehead atoms. The number of nitro benzene ring substituents is 1. The van der Waals surface area contributed by atoms with Crippen LogP contribution in [0.5, 0.6) is 5.75 Å². The molecule has 1 aromatic heterocycles. The van der Waals surface area contributed by atoms with Gasteiger partial charge in [0.1, 0.15) is 17.9 Å². The van der Waals surface area contributed by atoms with Crippen LogP contribution in [0, 0.1) is 15.9 Å². The van der Waals surface area contributed by atoms with Crippen LogP contribution in [-0.4, -0.2) is 61.4 Å². The molecule has 2 aliphatic rings. The number of carbonyl (C=O) groups is 1. The lowest BCUT2D eigenvalue weighted by atomic mass is 10.0. The maximum absolute atomic E-state index is 15.8. The molecule has 12 nitrogen and oxygen atoms in total. The molecule has 1 aliphatic heterocycles. The van der Waals surface area contributed by atoms with Crippen LogP contribution in [0.3, 0.4) is 0 Å². The maximum Gasteiger partial charge on any atom is 0.341 e. The molecule has 1 saturated carbocycles. The first kappa shape index (κ1) is 28.4. The number of halogens is 2. The van der Waals surface area contributed by atoms with Crippen LogP contribution in [-0.2, 0) is 10.0 Å². The quantitative estimate of drug-likeness (QED) is 0.266. The van der Waals surface area contributed by atoms with Gasteiger partial charge >= 0.3 is 5.97 Å². The first-order chi connectivity index (χ1) is 19.5. The van der Waals surface area contributed by atoms with Crippen molar-refractivity contribution in [2.24, 2.45) is 0 Å². The van der Waals surface area contributed by atoms with Gasteiger partial charge in [-0.05, 0) is 43.9 Å². The van der Waals surface area contributed by atoms with Crippen molar-refractivity contribution in [2.75, 3.05) is 25.2 Å². The van der Waals surface area contributed by atoms with Crippen LogP contribution in [0.2, 0.25) is 0 Å². The summed E-state index contributed by atoms with van der Waals surface area (Å²) in [6.07, 6.45) is 3.42. The highest BCUT2D eigenvalue weighted by Gasteiger charge is 2.39. The lowest BCUT2D eigenvalue weighted by Crippen LogP contribution is -2.50. The second-order valence-corrected chi connectivity index (χ2v) is 11.7. The van der Waals surface area contributed by atoms with Gasteiger partial charge < -0.3 is 19.3 Å². The van der Waals surface area contributed by atoms with Gasteiger partial charge in [0, 0.05) is 37.0 Å². The fourth-order valence-electron chi connectivity index (χ4n) is 5.41. The third-order valence-corrected chi connectivity index (χ3v) is 8.96. The molecule has 0 spiro atoms. The van der Waals surface area contributed by atoms with E-state index in [2.05, 4.69) is 4.72 Å². The highest BCUT2D eigenvalue weighted by atomic mass is 32.2. The van der Waals surface area contributed by atoms with Crippen LogP contribution in [0.1, 0.15) is 42.1 Å². The SMILES string of the molecule is COc1c(N2CCCC2C(CF)NS(=O)(=O)c2ccc([N+](=O)[O-])cc2)c(F)cc2c(=O)c(C(=O)O)cn(C3CC3)c12. The molecule has 2 unspecified atom stereocenters. The summed E-state index contributed by atoms with van der Waals surface area (Å²) < 4.78 is 65.9. The van der Waals surface area contributed by atoms with Crippen molar-refractivity contribution in [3.63, 3.8) is 0 Å². The lowest BCUT2D eigenvalue weighted by molar-refractivity contribution is -0.384. The molecule has 2 aromatic carbocycles. The van der Waals surface area contributed by atoms with E-state index in [4.69, 9.17) is 4.74 Å². The molecule has 2 atom stereocenters. The van der Waals surface area contributed by atoms with Crippen molar-refractivity contribution < 1.29 is 36.8 Å². The van der Waals surface area contributed by atoms with E-state index in [9.17, 15) is 37.6 Å². The minimum Gasteiger partial charge on any atom is -0.492 e. The first-order valence-electron chi connectivity index (χ1n) is 12.8. The zero-order valence-electron chi connectivity index (χ0n) is 21.7. The van der Waals surface area contributed by atoms with E-state index in [1.807, 2.05) is 0 Å². The lowest BCUT2D eigenvalue weighted by Gasteiger charge is -2.34. The number of fused-ring (bicyclic) bond motifs is 1. The average Bonchev–Trinajstić information content (AvgIpc) is 3.68. The molecule has 41 heavy (non-hydrogen) atoms. The zero-order chi connectivity index (χ0) is 29.6. The molecule has 2 fully saturated rings. The number of nitro groups is 1. The Kier molecular flexibility index (Phi) is 7.42. The molecular formula is C26H26F2N4O8S. The minimum atomic E-state index is -4.31. The number of methoxy groups -OCH3 is 1. The van der Waals surface area contributed by atoms with E-state index < -0.39 is 56.5 Å². The molecule has 1 aliphatic carbocycles. The summed E-state index contributed by atoms with van der Waals surface area (Å²) in [4.78, 5) is 36.2. The summed E-state index contributed by atoms with van der Waals surface area (Å²) in [6.45, 7) is -0.917. The van der Waals surface area contributed by atoms with E-state index in [1.54, 1.807) is 4.57 Å². The second-order valence-electron chi connectivity index (χ2n) is 9.99. The van der Waals surface area contributed by atoms with Crippen molar-refractivity contribution in [1.29, 1.82) is 0 Å². The van der Waals surface area contributed by atoms with Crippen molar-refractivity contribution in [2.45, 2.75) is 48.7 Å². The number of alkyl halides is 1. The predicted octanol–water partition coefficient (Wildman–Crippen LogP) is 3.38. The number of carboxylic acids is 1. The molecule has 2 heterocycles. The largest absolute Gasteiger partial charge is 0.492 e. The highest BCUT2D eigenvalue weighted by molar-refractivity contribution is 7.89. The van der Waals surface area contributed by atoms with Gasteiger partial charge in [-0.3, -0.25) is 14.9 Å². The number of nitrogens with zero attached hydrogens (tertiary/aromatic N) is 3. The minimum absolute atomic E-state index is 0.0383. The van der Waals surface area contributed by atoms with Crippen LogP contribution in [0.25, 0.3) is 10.9 Å². The topological polar surface area (TPSA) is 161 Å².